The average molecular weight is 248 g/mol. The van der Waals surface area contributed by atoms with Crippen molar-refractivity contribution in [3.63, 3.8) is 0 Å². The molecule has 0 saturated carbocycles. The van der Waals surface area contributed by atoms with Crippen molar-refractivity contribution in [2.24, 2.45) is 0 Å². The van der Waals surface area contributed by atoms with Gasteiger partial charge in [-0.1, -0.05) is 6.07 Å². The molecule has 0 aliphatic carbocycles. The fourth-order valence-corrected chi connectivity index (χ4v) is 1.64. The van der Waals surface area contributed by atoms with E-state index < -0.39 is 5.82 Å². The first-order valence-corrected chi connectivity index (χ1v) is 5.41. The molecule has 1 aromatic carbocycles. The molecule has 4 nitrogen and oxygen atoms in total. The molecule has 2 N–H and O–H groups in total. The summed E-state index contributed by atoms with van der Waals surface area (Å²) in [6.45, 7) is 0.307. The van der Waals surface area contributed by atoms with Gasteiger partial charge in [-0.15, -0.1) is 0 Å². The molecule has 0 saturated heterocycles. The van der Waals surface area contributed by atoms with Crippen LogP contribution in [-0.2, 0) is 6.54 Å². The lowest BCUT2D eigenvalue weighted by atomic mass is 10.1. The number of hydrogen-bond acceptors (Lipinski definition) is 3. The SMILES string of the molecule is CN(Cc1ccco1)C(=O)c1cccc(F)c1N. The first-order valence-electron chi connectivity index (χ1n) is 5.41. The first-order chi connectivity index (χ1) is 8.59. The van der Waals surface area contributed by atoms with Crippen molar-refractivity contribution < 1.29 is 13.6 Å². The zero-order chi connectivity index (χ0) is 13.1. The topological polar surface area (TPSA) is 59.5 Å². The standard InChI is InChI=1S/C13H13FN2O2/c1-16(8-9-4-3-7-18-9)13(17)10-5-2-6-11(14)12(10)15/h2-7H,8,15H2,1H3. The van der Waals surface area contributed by atoms with E-state index >= 15 is 0 Å². The summed E-state index contributed by atoms with van der Waals surface area (Å²) in [6, 6.07) is 7.68. The van der Waals surface area contributed by atoms with Gasteiger partial charge < -0.3 is 15.1 Å². The summed E-state index contributed by atoms with van der Waals surface area (Å²) in [5.74, 6) is -0.281. The summed E-state index contributed by atoms with van der Waals surface area (Å²) in [5.41, 5.74) is 5.57. The molecule has 0 aliphatic rings. The predicted molar refractivity (Wildman–Crippen MR) is 65.3 cm³/mol. The second-order valence-corrected chi connectivity index (χ2v) is 3.94. The van der Waals surface area contributed by atoms with Crippen molar-refractivity contribution in [2.75, 3.05) is 12.8 Å². The number of nitrogens with two attached hydrogens (primary N) is 1. The number of carbonyl (C=O) groups is 1. The number of furan rings is 1. The number of carbonyl (C=O) groups excluding carboxylic acids is 1. The maximum absolute atomic E-state index is 13.3. The van der Waals surface area contributed by atoms with Gasteiger partial charge in [0.1, 0.15) is 11.6 Å². The Balaban J connectivity index is 2.18. The van der Waals surface area contributed by atoms with E-state index in [2.05, 4.69) is 0 Å². The van der Waals surface area contributed by atoms with Gasteiger partial charge in [0.15, 0.2) is 0 Å². The second-order valence-electron chi connectivity index (χ2n) is 3.94. The minimum Gasteiger partial charge on any atom is -0.467 e. The molecular weight excluding hydrogens is 235 g/mol. The Kier molecular flexibility index (Phi) is 3.32. The number of halogens is 1. The van der Waals surface area contributed by atoms with Gasteiger partial charge in [0.25, 0.3) is 5.91 Å². The Morgan fingerprint density at radius 1 is 1.39 bits per heavy atom. The second kappa shape index (κ2) is 4.91. The fourth-order valence-electron chi connectivity index (χ4n) is 1.64. The smallest absolute Gasteiger partial charge is 0.256 e. The van der Waals surface area contributed by atoms with Crippen LogP contribution in [0.15, 0.2) is 41.0 Å². The number of benzene rings is 1. The molecule has 1 heterocycles. The first kappa shape index (κ1) is 12.2. The van der Waals surface area contributed by atoms with Gasteiger partial charge in [0.2, 0.25) is 0 Å². The van der Waals surface area contributed by atoms with E-state index in [1.165, 1.54) is 29.4 Å². The summed E-state index contributed by atoms with van der Waals surface area (Å²) in [6.07, 6.45) is 1.53. The summed E-state index contributed by atoms with van der Waals surface area (Å²) in [7, 11) is 1.61. The molecular formula is C13H13FN2O2. The largest absolute Gasteiger partial charge is 0.467 e. The lowest BCUT2D eigenvalue weighted by Crippen LogP contribution is -2.27. The van der Waals surface area contributed by atoms with Crippen LogP contribution in [0, 0.1) is 5.82 Å². The maximum atomic E-state index is 13.3. The number of nitrogen functional groups attached to an aromatic ring is 1. The molecule has 1 amide bonds. The Morgan fingerprint density at radius 3 is 2.83 bits per heavy atom. The Hall–Kier alpha value is -2.30. The van der Waals surface area contributed by atoms with Crippen LogP contribution in [0.25, 0.3) is 0 Å². The van der Waals surface area contributed by atoms with Gasteiger partial charge in [-0.3, -0.25) is 4.79 Å². The normalized spacial score (nSPS) is 10.3. The molecule has 94 valence electrons. The van der Waals surface area contributed by atoms with Crippen LogP contribution in [0.4, 0.5) is 10.1 Å². The minimum absolute atomic E-state index is 0.131. The zero-order valence-electron chi connectivity index (χ0n) is 9.89. The molecule has 1 aromatic heterocycles. The highest BCUT2D eigenvalue weighted by Crippen LogP contribution is 2.18. The van der Waals surface area contributed by atoms with E-state index in [4.69, 9.17) is 10.2 Å². The van der Waals surface area contributed by atoms with Crippen LogP contribution in [0.2, 0.25) is 0 Å². The minimum atomic E-state index is -0.591. The Morgan fingerprint density at radius 2 is 2.17 bits per heavy atom. The van der Waals surface area contributed by atoms with Crippen molar-refractivity contribution in [3.05, 3.63) is 53.7 Å². The van der Waals surface area contributed by atoms with Gasteiger partial charge >= 0.3 is 0 Å². The van der Waals surface area contributed by atoms with E-state index in [0.29, 0.717) is 12.3 Å². The van der Waals surface area contributed by atoms with Crippen molar-refractivity contribution >= 4 is 11.6 Å². The van der Waals surface area contributed by atoms with Crippen LogP contribution in [0.1, 0.15) is 16.1 Å². The van der Waals surface area contributed by atoms with Crippen molar-refractivity contribution in [1.82, 2.24) is 4.90 Å². The van der Waals surface area contributed by atoms with Crippen molar-refractivity contribution in [3.8, 4) is 0 Å². The molecule has 0 radical (unpaired) electrons. The number of anilines is 1. The van der Waals surface area contributed by atoms with Crippen LogP contribution < -0.4 is 5.73 Å². The lowest BCUT2D eigenvalue weighted by Gasteiger charge is -2.17. The Labute approximate surface area is 104 Å². The van der Waals surface area contributed by atoms with Gasteiger partial charge in [-0.05, 0) is 24.3 Å². The molecule has 0 bridgehead atoms. The van der Waals surface area contributed by atoms with E-state index in [9.17, 15) is 9.18 Å². The van der Waals surface area contributed by atoms with Crippen LogP contribution >= 0.6 is 0 Å². The van der Waals surface area contributed by atoms with Crippen LogP contribution in [0.3, 0.4) is 0 Å². The van der Waals surface area contributed by atoms with Crippen LogP contribution in [0.5, 0.6) is 0 Å². The van der Waals surface area contributed by atoms with Crippen molar-refractivity contribution in [2.45, 2.75) is 6.54 Å². The molecule has 5 heteroatoms. The maximum Gasteiger partial charge on any atom is 0.256 e. The third-order valence-corrected chi connectivity index (χ3v) is 2.60. The number of para-hydroxylation sites is 1. The molecule has 0 unspecified atom stereocenters. The predicted octanol–water partition coefficient (Wildman–Crippen LogP) is 2.27. The van der Waals surface area contributed by atoms with Crippen molar-refractivity contribution in [1.29, 1.82) is 0 Å². The van der Waals surface area contributed by atoms with E-state index in [1.54, 1.807) is 19.2 Å². The number of hydrogen-bond donors (Lipinski definition) is 1. The summed E-state index contributed by atoms with van der Waals surface area (Å²) < 4.78 is 18.4. The highest BCUT2D eigenvalue weighted by molar-refractivity contribution is 5.99. The summed E-state index contributed by atoms with van der Waals surface area (Å²) >= 11 is 0. The molecule has 0 fully saturated rings. The van der Waals surface area contributed by atoms with E-state index in [0.717, 1.165) is 0 Å². The fraction of sp³-hybridized carbons (Fsp3) is 0.154. The molecule has 2 rings (SSSR count). The average Bonchev–Trinajstić information content (AvgIpc) is 2.84. The highest BCUT2D eigenvalue weighted by atomic mass is 19.1. The van der Waals surface area contributed by atoms with E-state index in [-0.39, 0.29) is 17.2 Å². The monoisotopic (exact) mass is 248 g/mol. The number of nitrogens with zero attached hydrogens (tertiary/aromatic N) is 1. The molecule has 0 atom stereocenters. The molecule has 18 heavy (non-hydrogen) atoms. The third-order valence-electron chi connectivity index (χ3n) is 2.60. The summed E-state index contributed by atoms with van der Waals surface area (Å²) in [4.78, 5) is 13.5. The number of rotatable bonds is 3. The lowest BCUT2D eigenvalue weighted by molar-refractivity contribution is 0.0776. The summed E-state index contributed by atoms with van der Waals surface area (Å²) in [5, 5.41) is 0. The molecule has 0 aliphatic heterocycles. The van der Waals surface area contributed by atoms with E-state index in [1.807, 2.05) is 0 Å². The third kappa shape index (κ3) is 2.34. The van der Waals surface area contributed by atoms with Gasteiger partial charge in [-0.2, -0.15) is 0 Å². The molecule has 0 spiro atoms. The Bertz CT molecular complexity index is 552. The van der Waals surface area contributed by atoms with Crippen LogP contribution in [-0.4, -0.2) is 17.9 Å². The van der Waals surface area contributed by atoms with Gasteiger partial charge in [0, 0.05) is 7.05 Å². The number of amides is 1. The molecule has 2 aromatic rings. The zero-order valence-corrected chi connectivity index (χ0v) is 9.89. The quantitative estimate of drug-likeness (QED) is 0.848. The van der Waals surface area contributed by atoms with Gasteiger partial charge in [-0.25, -0.2) is 4.39 Å². The van der Waals surface area contributed by atoms with Gasteiger partial charge in [0.05, 0.1) is 24.1 Å². The highest BCUT2D eigenvalue weighted by Gasteiger charge is 2.17.